The summed E-state index contributed by atoms with van der Waals surface area (Å²) in [5, 5.41) is 4.36. The lowest BCUT2D eigenvalue weighted by Gasteiger charge is -2.11. The van der Waals surface area contributed by atoms with Crippen LogP contribution in [0.5, 0.6) is 17.2 Å². The Hall–Kier alpha value is -3.72. The summed E-state index contributed by atoms with van der Waals surface area (Å²) in [7, 11) is 0. The normalized spacial score (nSPS) is 11.7. The van der Waals surface area contributed by atoms with E-state index in [4.69, 9.17) is 14.2 Å². The second-order valence-corrected chi connectivity index (χ2v) is 8.13. The van der Waals surface area contributed by atoms with Gasteiger partial charge in [0, 0.05) is 6.92 Å². The van der Waals surface area contributed by atoms with Crippen molar-refractivity contribution in [1.29, 1.82) is 0 Å². The first-order valence-electron chi connectivity index (χ1n) is 10.6. The van der Waals surface area contributed by atoms with E-state index in [0.717, 1.165) is 12.0 Å². The standard InChI is InChI=1S/C24H23N3O5S/c1-4-12-31-19-11-10-16(13-20(19)30-5-2)14-21-23(29)27-24(33-21)25-22(26-27)17-8-6-7-9-18(17)32-15(3)28/h6-11,13-14H,4-5,12H2,1-3H3/b21-14-. The molecular weight excluding hydrogens is 442 g/mol. The molecule has 0 unspecified atom stereocenters. The van der Waals surface area contributed by atoms with Crippen molar-refractivity contribution in [3.63, 3.8) is 0 Å². The van der Waals surface area contributed by atoms with Crippen molar-refractivity contribution in [3.05, 3.63) is 62.9 Å². The summed E-state index contributed by atoms with van der Waals surface area (Å²) in [6.07, 6.45) is 2.68. The molecule has 9 heteroatoms. The summed E-state index contributed by atoms with van der Waals surface area (Å²) in [6, 6.07) is 12.5. The Labute approximate surface area is 194 Å². The number of aromatic nitrogens is 3. The van der Waals surface area contributed by atoms with Gasteiger partial charge in [-0.15, -0.1) is 5.10 Å². The van der Waals surface area contributed by atoms with Crippen LogP contribution in [0.2, 0.25) is 0 Å². The first-order chi connectivity index (χ1) is 16.0. The first kappa shape index (κ1) is 22.5. The van der Waals surface area contributed by atoms with Crippen LogP contribution in [0.4, 0.5) is 0 Å². The molecule has 2 aromatic carbocycles. The smallest absolute Gasteiger partial charge is 0.308 e. The third-order valence-electron chi connectivity index (χ3n) is 4.59. The lowest BCUT2D eigenvalue weighted by Crippen LogP contribution is -2.23. The van der Waals surface area contributed by atoms with Gasteiger partial charge in [-0.1, -0.05) is 36.5 Å². The Bertz CT molecular complexity index is 1410. The molecule has 8 nitrogen and oxygen atoms in total. The maximum atomic E-state index is 13.0. The van der Waals surface area contributed by atoms with Gasteiger partial charge in [-0.2, -0.15) is 9.50 Å². The molecule has 0 aliphatic rings. The first-order valence-corrected chi connectivity index (χ1v) is 11.4. The predicted octanol–water partition coefficient (Wildman–Crippen LogP) is 3.48. The van der Waals surface area contributed by atoms with Crippen molar-refractivity contribution < 1.29 is 19.0 Å². The zero-order chi connectivity index (χ0) is 23.4. The Balaban J connectivity index is 1.71. The van der Waals surface area contributed by atoms with Crippen LogP contribution < -0.4 is 24.3 Å². The van der Waals surface area contributed by atoms with Crippen LogP contribution in [0.3, 0.4) is 0 Å². The third kappa shape index (κ3) is 4.88. The molecular formula is C24H23N3O5S. The van der Waals surface area contributed by atoms with Crippen molar-refractivity contribution in [1.82, 2.24) is 14.6 Å². The van der Waals surface area contributed by atoms with E-state index in [1.807, 2.05) is 32.0 Å². The molecule has 33 heavy (non-hydrogen) atoms. The van der Waals surface area contributed by atoms with Gasteiger partial charge in [-0.05, 0) is 49.2 Å². The van der Waals surface area contributed by atoms with E-state index in [0.29, 0.717) is 51.3 Å². The Morgan fingerprint density at radius 2 is 1.91 bits per heavy atom. The summed E-state index contributed by atoms with van der Waals surface area (Å²) in [4.78, 5) is 29.3. The average molecular weight is 466 g/mol. The van der Waals surface area contributed by atoms with Gasteiger partial charge in [-0.25, -0.2) is 0 Å². The number of ether oxygens (including phenoxy) is 3. The van der Waals surface area contributed by atoms with Crippen LogP contribution in [-0.4, -0.2) is 33.8 Å². The number of benzene rings is 2. The number of carbonyl (C=O) groups excluding carboxylic acids is 1. The Kier molecular flexibility index (Phi) is 6.69. The minimum Gasteiger partial charge on any atom is -0.490 e. The van der Waals surface area contributed by atoms with E-state index in [-0.39, 0.29) is 5.56 Å². The number of nitrogens with zero attached hydrogens (tertiary/aromatic N) is 3. The number of hydrogen-bond acceptors (Lipinski definition) is 8. The van der Waals surface area contributed by atoms with Crippen molar-refractivity contribution in [3.8, 4) is 28.6 Å². The lowest BCUT2D eigenvalue weighted by atomic mass is 10.2. The number of hydrogen-bond donors (Lipinski definition) is 0. The van der Waals surface area contributed by atoms with E-state index in [2.05, 4.69) is 10.1 Å². The molecule has 0 N–H and O–H groups in total. The van der Waals surface area contributed by atoms with E-state index >= 15 is 0 Å². The van der Waals surface area contributed by atoms with Crippen molar-refractivity contribution >= 4 is 28.3 Å². The quantitative estimate of drug-likeness (QED) is 0.291. The largest absolute Gasteiger partial charge is 0.490 e. The topological polar surface area (TPSA) is 92.0 Å². The molecule has 0 fully saturated rings. The van der Waals surface area contributed by atoms with E-state index in [1.54, 1.807) is 30.3 Å². The Morgan fingerprint density at radius 1 is 1.09 bits per heavy atom. The van der Waals surface area contributed by atoms with Crippen LogP contribution in [-0.2, 0) is 4.79 Å². The summed E-state index contributed by atoms with van der Waals surface area (Å²) in [5.41, 5.74) is 1.07. The Morgan fingerprint density at radius 3 is 2.64 bits per heavy atom. The van der Waals surface area contributed by atoms with Crippen molar-refractivity contribution in [2.24, 2.45) is 0 Å². The monoisotopic (exact) mass is 465 g/mol. The molecule has 0 aliphatic heterocycles. The molecule has 2 heterocycles. The fraction of sp³-hybridized carbons (Fsp3) is 0.250. The van der Waals surface area contributed by atoms with E-state index in [1.165, 1.54) is 22.8 Å². The van der Waals surface area contributed by atoms with Crippen LogP contribution >= 0.6 is 11.3 Å². The maximum absolute atomic E-state index is 13.0. The number of carbonyl (C=O) groups is 1. The SMILES string of the molecule is CCCOc1ccc(/C=c2\sc3nc(-c4ccccc4OC(C)=O)nn3c2=O)cc1OCC. The molecule has 4 aromatic rings. The maximum Gasteiger partial charge on any atom is 0.308 e. The number of rotatable bonds is 8. The number of thiazole rings is 1. The molecule has 0 bridgehead atoms. The van der Waals surface area contributed by atoms with Gasteiger partial charge in [0.25, 0.3) is 5.56 Å². The zero-order valence-corrected chi connectivity index (χ0v) is 19.3. The highest BCUT2D eigenvalue weighted by Gasteiger charge is 2.16. The van der Waals surface area contributed by atoms with Gasteiger partial charge in [0.1, 0.15) is 5.75 Å². The summed E-state index contributed by atoms with van der Waals surface area (Å²) >= 11 is 1.23. The molecule has 0 amide bonds. The van der Waals surface area contributed by atoms with Gasteiger partial charge >= 0.3 is 5.97 Å². The van der Waals surface area contributed by atoms with E-state index < -0.39 is 5.97 Å². The summed E-state index contributed by atoms with van der Waals surface area (Å²) in [6.45, 7) is 6.39. The lowest BCUT2D eigenvalue weighted by molar-refractivity contribution is -0.131. The molecule has 2 aromatic heterocycles. The highest BCUT2D eigenvalue weighted by atomic mass is 32.1. The van der Waals surface area contributed by atoms with Gasteiger partial charge in [0.15, 0.2) is 17.3 Å². The molecule has 0 saturated heterocycles. The van der Waals surface area contributed by atoms with E-state index in [9.17, 15) is 9.59 Å². The molecule has 4 rings (SSSR count). The van der Waals surface area contributed by atoms with Crippen molar-refractivity contribution in [2.75, 3.05) is 13.2 Å². The van der Waals surface area contributed by atoms with Gasteiger partial charge in [-0.3, -0.25) is 9.59 Å². The van der Waals surface area contributed by atoms with Crippen LogP contribution in [0.1, 0.15) is 32.8 Å². The number of fused-ring (bicyclic) bond motifs is 1. The minimum atomic E-state index is -0.442. The second-order valence-electron chi connectivity index (χ2n) is 7.12. The second kappa shape index (κ2) is 9.83. The molecule has 170 valence electrons. The average Bonchev–Trinajstić information content (AvgIpc) is 3.33. The number of esters is 1. The summed E-state index contributed by atoms with van der Waals surface area (Å²) in [5.74, 6) is 1.53. The number of para-hydroxylation sites is 1. The van der Waals surface area contributed by atoms with Gasteiger partial charge < -0.3 is 14.2 Å². The highest BCUT2D eigenvalue weighted by Crippen LogP contribution is 2.29. The molecule has 0 spiro atoms. The van der Waals surface area contributed by atoms with Gasteiger partial charge in [0.2, 0.25) is 4.96 Å². The van der Waals surface area contributed by atoms with Crippen LogP contribution in [0, 0.1) is 0 Å². The van der Waals surface area contributed by atoms with Crippen LogP contribution in [0.25, 0.3) is 22.4 Å². The summed E-state index contributed by atoms with van der Waals surface area (Å²) < 4.78 is 18.4. The molecule has 0 aliphatic carbocycles. The fourth-order valence-electron chi connectivity index (χ4n) is 3.21. The minimum absolute atomic E-state index is 0.275. The molecule has 0 radical (unpaired) electrons. The van der Waals surface area contributed by atoms with Crippen molar-refractivity contribution in [2.45, 2.75) is 27.2 Å². The third-order valence-corrected chi connectivity index (χ3v) is 5.55. The predicted molar refractivity (Wildman–Crippen MR) is 126 cm³/mol. The fourth-order valence-corrected chi connectivity index (χ4v) is 4.12. The molecule has 0 saturated carbocycles. The molecule has 0 atom stereocenters. The zero-order valence-electron chi connectivity index (χ0n) is 18.5. The van der Waals surface area contributed by atoms with Crippen LogP contribution in [0.15, 0.2) is 47.3 Å². The van der Waals surface area contributed by atoms with Gasteiger partial charge in [0.05, 0.1) is 23.3 Å². The highest BCUT2D eigenvalue weighted by molar-refractivity contribution is 7.15.